The number of carbonyl (C=O) groups is 2. The number of carbonyl (C=O) groups excluding carboxylic acids is 2. The summed E-state index contributed by atoms with van der Waals surface area (Å²) in [6, 6.07) is 3.41. The first-order valence-corrected chi connectivity index (χ1v) is 5.78. The van der Waals surface area contributed by atoms with Crippen molar-refractivity contribution in [3.8, 4) is 0 Å². The molecule has 0 bridgehead atoms. The number of rotatable bonds is 6. The summed E-state index contributed by atoms with van der Waals surface area (Å²) in [5, 5.41) is 5.83. The third-order valence-corrected chi connectivity index (χ3v) is 2.14. The highest BCUT2D eigenvalue weighted by Crippen LogP contribution is 2.07. The van der Waals surface area contributed by atoms with Gasteiger partial charge in [-0.25, -0.2) is 0 Å². The number of nitrogens with zero attached hydrogens (tertiary/aromatic N) is 1. The number of hydrogen-bond acceptors (Lipinski definition) is 4. The van der Waals surface area contributed by atoms with Gasteiger partial charge >= 0.3 is 0 Å². The van der Waals surface area contributed by atoms with Crippen LogP contribution in [0.3, 0.4) is 0 Å². The van der Waals surface area contributed by atoms with Gasteiger partial charge in [0.1, 0.15) is 5.69 Å². The van der Waals surface area contributed by atoms with E-state index in [-0.39, 0.29) is 17.6 Å². The summed E-state index contributed by atoms with van der Waals surface area (Å²) in [6.45, 7) is 4.31. The average Bonchev–Trinajstić information content (AvgIpc) is 2.28. The van der Waals surface area contributed by atoms with Crippen molar-refractivity contribution < 1.29 is 9.59 Å². The molecule has 0 saturated heterocycles. The Labute approximate surface area is 106 Å². The first-order chi connectivity index (χ1) is 8.49. The Kier molecular flexibility index (Phi) is 5.10. The molecule has 4 N–H and O–H groups in total. The van der Waals surface area contributed by atoms with E-state index in [1.165, 1.54) is 6.20 Å². The van der Waals surface area contributed by atoms with Gasteiger partial charge in [0.2, 0.25) is 5.91 Å². The Balaban J connectivity index is 2.42. The van der Waals surface area contributed by atoms with Gasteiger partial charge in [0.05, 0.1) is 0 Å². The summed E-state index contributed by atoms with van der Waals surface area (Å²) >= 11 is 0. The van der Waals surface area contributed by atoms with Crippen molar-refractivity contribution in [1.82, 2.24) is 10.3 Å². The van der Waals surface area contributed by atoms with Crippen LogP contribution in [0.25, 0.3) is 0 Å². The second-order valence-electron chi connectivity index (χ2n) is 4.19. The van der Waals surface area contributed by atoms with Gasteiger partial charge in [0, 0.05) is 30.9 Å². The molecule has 6 heteroatoms. The predicted octanol–water partition coefficient (Wildman–Crippen LogP) is 0.507. The Morgan fingerprint density at radius 1 is 1.44 bits per heavy atom. The topological polar surface area (TPSA) is 97.1 Å². The molecular formula is C12H18N4O2. The molecule has 0 unspecified atom stereocenters. The number of nitrogens with one attached hydrogen (secondary N) is 2. The summed E-state index contributed by atoms with van der Waals surface area (Å²) in [7, 11) is 0. The molecule has 1 heterocycles. The van der Waals surface area contributed by atoms with Gasteiger partial charge in [0.25, 0.3) is 5.91 Å². The number of pyridine rings is 1. The molecule has 1 rings (SSSR count). The van der Waals surface area contributed by atoms with Crippen LogP contribution >= 0.6 is 0 Å². The van der Waals surface area contributed by atoms with Gasteiger partial charge in [-0.1, -0.05) is 0 Å². The highest BCUT2D eigenvalue weighted by molar-refractivity contribution is 5.91. The largest absolute Gasteiger partial charge is 0.384 e. The number of anilines is 1. The first-order valence-electron chi connectivity index (χ1n) is 5.78. The molecule has 0 radical (unpaired) electrons. The van der Waals surface area contributed by atoms with E-state index in [1.807, 2.05) is 13.8 Å². The summed E-state index contributed by atoms with van der Waals surface area (Å²) in [4.78, 5) is 26.1. The Bertz CT molecular complexity index is 432. The lowest BCUT2D eigenvalue weighted by Gasteiger charge is -2.09. The molecule has 0 aliphatic rings. The van der Waals surface area contributed by atoms with E-state index >= 15 is 0 Å². The lowest BCUT2D eigenvalue weighted by atomic mass is 10.3. The Morgan fingerprint density at radius 2 is 2.17 bits per heavy atom. The van der Waals surface area contributed by atoms with Gasteiger partial charge in [-0.2, -0.15) is 0 Å². The van der Waals surface area contributed by atoms with Crippen molar-refractivity contribution in [3.63, 3.8) is 0 Å². The Hall–Kier alpha value is -2.11. The molecule has 0 saturated carbocycles. The molecule has 0 atom stereocenters. The number of aromatic nitrogens is 1. The zero-order valence-corrected chi connectivity index (χ0v) is 10.6. The maximum atomic E-state index is 11.4. The van der Waals surface area contributed by atoms with E-state index in [0.29, 0.717) is 13.0 Å². The molecule has 1 aromatic rings. The Morgan fingerprint density at radius 3 is 2.78 bits per heavy atom. The molecule has 2 amide bonds. The fourth-order valence-electron chi connectivity index (χ4n) is 1.39. The number of nitrogens with two attached hydrogens (primary N) is 1. The van der Waals surface area contributed by atoms with Crippen molar-refractivity contribution in [2.75, 3.05) is 11.9 Å². The quantitative estimate of drug-likeness (QED) is 0.685. The van der Waals surface area contributed by atoms with Gasteiger partial charge in [0.15, 0.2) is 0 Å². The minimum absolute atomic E-state index is 0.0123. The fraction of sp³-hybridized carbons (Fsp3) is 0.417. The number of hydrogen-bond donors (Lipinski definition) is 3. The van der Waals surface area contributed by atoms with E-state index in [0.717, 1.165) is 5.69 Å². The van der Waals surface area contributed by atoms with Crippen molar-refractivity contribution in [1.29, 1.82) is 0 Å². The summed E-state index contributed by atoms with van der Waals surface area (Å²) in [6.07, 6.45) is 1.86. The highest BCUT2D eigenvalue weighted by atomic mass is 16.2. The second kappa shape index (κ2) is 6.58. The molecule has 98 valence electrons. The molecule has 0 aliphatic heterocycles. The normalized spacial score (nSPS) is 10.2. The van der Waals surface area contributed by atoms with Crippen LogP contribution in [-0.4, -0.2) is 29.4 Å². The maximum Gasteiger partial charge on any atom is 0.267 e. The molecular weight excluding hydrogens is 232 g/mol. The van der Waals surface area contributed by atoms with Gasteiger partial charge < -0.3 is 16.4 Å². The smallest absolute Gasteiger partial charge is 0.267 e. The van der Waals surface area contributed by atoms with Crippen LogP contribution in [-0.2, 0) is 4.79 Å². The van der Waals surface area contributed by atoms with Crippen molar-refractivity contribution in [2.24, 2.45) is 5.73 Å². The van der Waals surface area contributed by atoms with Crippen LogP contribution < -0.4 is 16.4 Å². The fourth-order valence-corrected chi connectivity index (χ4v) is 1.39. The maximum absolute atomic E-state index is 11.4. The predicted molar refractivity (Wildman–Crippen MR) is 69.1 cm³/mol. The molecule has 6 nitrogen and oxygen atoms in total. The second-order valence-corrected chi connectivity index (χ2v) is 4.19. The molecule has 0 aromatic carbocycles. The van der Waals surface area contributed by atoms with Crippen LogP contribution in [0.15, 0.2) is 18.3 Å². The third-order valence-electron chi connectivity index (χ3n) is 2.14. The van der Waals surface area contributed by atoms with Crippen LogP contribution in [0.2, 0.25) is 0 Å². The highest BCUT2D eigenvalue weighted by Gasteiger charge is 2.04. The number of amides is 2. The minimum Gasteiger partial charge on any atom is -0.384 e. The molecule has 1 aromatic heterocycles. The summed E-state index contributed by atoms with van der Waals surface area (Å²) in [5.41, 5.74) is 6.04. The van der Waals surface area contributed by atoms with Gasteiger partial charge in [-0.3, -0.25) is 14.6 Å². The van der Waals surface area contributed by atoms with Crippen LogP contribution in [0, 0.1) is 0 Å². The van der Waals surface area contributed by atoms with E-state index < -0.39 is 5.91 Å². The van der Waals surface area contributed by atoms with E-state index in [1.54, 1.807) is 12.1 Å². The standard InChI is InChI=1S/C12H18N4O2/c1-8(2)16-11(17)4-6-14-9-3-5-15-10(7-9)12(13)18/h3,5,7-8H,4,6H2,1-2H3,(H2,13,18)(H,14,15)(H,16,17). The lowest BCUT2D eigenvalue weighted by Crippen LogP contribution is -2.31. The third kappa shape index (κ3) is 4.82. The van der Waals surface area contributed by atoms with Crippen molar-refractivity contribution >= 4 is 17.5 Å². The molecule has 0 spiro atoms. The van der Waals surface area contributed by atoms with E-state index in [9.17, 15) is 9.59 Å². The van der Waals surface area contributed by atoms with Crippen LogP contribution in [0.4, 0.5) is 5.69 Å². The van der Waals surface area contributed by atoms with Gasteiger partial charge in [-0.15, -0.1) is 0 Å². The van der Waals surface area contributed by atoms with Crippen molar-refractivity contribution in [3.05, 3.63) is 24.0 Å². The zero-order chi connectivity index (χ0) is 13.5. The van der Waals surface area contributed by atoms with E-state index in [4.69, 9.17) is 5.73 Å². The minimum atomic E-state index is -0.573. The summed E-state index contributed by atoms with van der Waals surface area (Å²) in [5.74, 6) is -0.585. The SMILES string of the molecule is CC(C)NC(=O)CCNc1ccnc(C(N)=O)c1. The lowest BCUT2D eigenvalue weighted by molar-refractivity contribution is -0.121. The van der Waals surface area contributed by atoms with E-state index in [2.05, 4.69) is 15.6 Å². The monoisotopic (exact) mass is 250 g/mol. The van der Waals surface area contributed by atoms with Crippen molar-refractivity contribution in [2.45, 2.75) is 26.3 Å². The zero-order valence-electron chi connectivity index (χ0n) is 10.6. The molecule has 18 heavy (non-hydrogen) atoms. The molecule has 0 aliphatic carbocycles. The van der Waals surface area contributed by atoms with Gasteiger partial charge in [-0.05, 0) is 26.0 Å². The summed E-state index contributed by atoms with van der Waals surface area (Å²) < 4.78 is 0. The molecule has 0 fully saturated rings. The van der Waals surface area contributed by atoms with Crippen LogP contribution in [0.1, 0.15) is 30.8 Å². The first kappa shape index (κ1) is 14.0. The van der Waals surface area contributed by atoms with Crippen LogP contribution in [0.5, 0.6) is 0 Å². The number of primary amides is 1. The average molecular weight is 250 g/mol.